The molecule has 180 valence electrons. The first-order valence-corrected chi connectivity index (χ1v) is 11.9. The number of amides is 1. The lowest BCUT2D eigenvalue weighted by Gasteiger charge is -2.15. The van der Waals surface area contributed by atoms with Gasteiger partial charge in [0.15, 0.2) is 11.5 Å². The van der Waals surface area contributed by atoms with Gasteiger partial charge in [-0.05, 0) is 73.9 Å². The van der Waals surface area contributed by atoms with E-state index in [2.05, 4.69) is 14.9 Å². The molecule has 7 heteroatoms. The van der Waals surface area contributed by atoms with Crippen molar-refractivity contribution < 1.29 is 18.3 Å². The Morgan fingerprint density at radius 1 is 1.09 bits per heavy atom. The lowest BCUT2D eigenvalue weighted by molar-refractivity contribution is 0.0912. The van der Waals surface area contributed by atoms with E-state index in [0.29, 0.717) is 17.5 Å². The number of hydrogen-bond acceptors (Lipinski definition) is 4. The fourth-order valence-electron chi connectivity index (χ4n) is 4.71. The summed E-state index contributed by atoms with van der Waals surface area (Å²) >= 11 is 0. The van der Waals surface area contributed by atoms with Crippen LogP contribution in [0.3, 0.4) is 0 Å². The first-order chi connectivity index (χ1) is 17.0. The third kappa shape index (κ3) is 4.71. The number of hydrogen-bond donors (Lipinski definition) is 1. The second-order valence-corrected chi connectivity index (χ2v) is 8.93. The number of benzene rings is 2. The Morgan fingerprint density at radius 2 is 1.80 bits per heavy atom. The average Bonchev–Trinajstić information content (AvgIpc) is 3.64. The molecule has 2 aromatic heterocycles. The molecule has 5 rings (SSSR count). The molecule has 1 fully saturated rings. The number of furan rings is 1. The summed E-state index contributed by atoms with van der Waals surface area (Å²) in [6.07, 6.45) is 6.31. The Morgan fingerprint density at radius 3 is 2.49 bits per heavy atom. The zero-order chi connectivity index (χ0) is 24.4. The van der Waals surface area contributed by atoms with Crippen LogP contribution in [0.4, 0.5) is 4.39 Å². The molecule has 6 nitrogen and oxygen atoms in total. The van der Waals surface area contributed by atoms with Crippen molar-refractivity contribution in [3.8, 4) is 28.5 Å². The van der Waals surface area contributed by atoms with Gasteiger partial charge >= 0.3 is 0 Å². The maximum atomic E-state index is 13.5. The van der Waals surface area contributed by atoms with Crippen LogP contribution in [-0.2, 0) is 0 Å². The molecule has 1 aliphatic rings. The van der Waals surface area contributed by atoms with Gasteiger partial charge in [0.05, 0.1) is 25.2 Å². The van der Waals surface area contributed by atoms with E-state index in [4.69, 9.17) is 9.15 Å². The molecule has 2 aromatic carbocycles. The number of imidazole rings is 1. The Balaban J connectivity index is 1.43. The summed E-state index contributed by atoms with van der Waals surface area (Å²) in [5.41, 5.74) is 3.29. The van der Waals surface area contributed by atoms with Gasteiger partial charge in [-0.2, -0.15) is 0 Å². The lowest BCUT2D eigenvalue weighted by atomic mass is 10.1. The van der Waals surface area contributed by atoms with Crippen molar-refractivity contribution in [1.82, 2.24) is 14.9 Å². The van der Waals surface area contributed by atoms with Crippen LogP contribution in [0, 0.1) is 5.82 Å². The van der Waals surface area contributed by atoms with E-state index in [-0.39, 0.29) is 23.5 Å². The van der Waals surface area contributed by atoms with Crippen molar-refractivity contribution in [3.63, 3.8) is 0 Å². The van der Waals surface area contributed by atoms with Crippen LogP contribution in [0.15, 0.2) is 71.4 Å². The molecule has 35 heavy (non-hydrogen) atoms. The van der Waals surface area contributed by atoms with E-state index in [1.165, 1.54) is 25.0 Å². The molecule has 0 unspecified atom stereocenters. The quantitative estimate of drug-likeness (QED) is 0.330. The molecule has 0 bridgehead atoms. The van der Waals surface area contributed by atoms with Gasteiger partial charge < -0.3 is 19.0 Å². The van der Waals surface area contributed by atoms with Gasteiger partial charge in [-0.25, -0.2) is 9.37 Å². The number of ether oxygens (including phenoxy) is 1. The number of carbonyl (C=O) groups excluding carboxylic acids is 1. The number of halogens is 1. The minimum absolute atomic E-state index is 0.208. The number of nitrogens with zero attached hydrogens (tertiary/aromatic N) is 2. The third-order valence-corrected chi connectivity index (χ3v) is 6.66. The van der Waals surface area contributed by atoms with Crippen LogP contribution < -0.4 is 10.1 Å². The van der Waals surface area contributed by atoms with Gasteiger partial charge in [0, 0.05) is 11.6 Å². The number of aromatic nitrogens is 2. The van der Waals surface area contributed by atoms with E-state index in [1.807, 2.05) is 43.6 Å². The second-order valence-electron chi connectivity index (χ2n) is 8.93. The normalized spacial score (nSPS) is 14.7. The van der Waals surface area contributed by atoms with Crippen LogP contribution >= 0.6 is 0 Å². The fraction of sp³-hybridized carbons (Fsp3) is 0.286. The molecule has 1 atom stereocenters. The van der Waals surface area contributed by atoms with Crippen molar-refractivity contribution >= 4 is 5.91 Å². The highest BCUT2D eigenvalue weighted by Gasteiger charge is 2.26. The number of methoxy groups -OCH3 is 1. The monoisotopic (exact) mass is 473 g/mol. The number of carbonyl (C=O) groups is 1. The van der Waals surface area contributed by atoms with Gasteiger partial charge in [-0.3, -0.25) is 4.79 Å². The van der Waals surface area contributed by atoms with E-state index >= 15 is 0 Å². The molecule has 2 heterocycles. The highest BCUT2D eigenvalue weighted by molar-refractivity contribution is 5.92. The van der Waals surface area contributed by atoms with Crippen molar-refractivity contribution in [1.29, 1.82) is 0 Å². The SMILES string of the molecule is COc1ccc([C@@H](C)NC(=O)c2ccc(-c3c(-c4ccc(F)cc4)ncn3C3CCCC3)o2)cc1. The molecule has 4 aromatic rings. The molecule has 1 N–H and O–H groups in total. The molecular weight excluding hydrogens is 445 g/mol. The smallest absolute Gasteiger partial charge is 0.287 e. The summed E-state index contributed by atoms with van der Waals surface area (Å²) in [6, 6.07) is 17.5. The molecule has 0 spiro atoms. The van der Waals surface area contributed by atoms with Crippen LogP contribution in [-0.4, -0.2) is 22.6 Å². The van der Waals surface area contributed by atoms with E-state index in [0.717, 1.165) is 35.4 Å². The largest absolute Gasteiger partial charge is 0.497 e. The Hall–Kier alpha value is -3.87. The van der Waals surface area contributed by atoms with Gasteiger partial charge in [0.1, 0.15) is 17.3 Å². The summed E-state index contributed by atoms with van der Waals surface area (Å²) in [4.78, 5) is 17.6. The molecule has 1 saturated carbocycles. The van der Waals surface area contributed by atoms with E-state index < -0.39 is 0 Å². The molecular formula is C28H28FN3O3. The third-order valence-electron chi connectivity index (χ3n) is 6.66. The summed E-state index contributed by atoms with van der Waals surface area (Å²) in [5.74, 6) is 0.961. The zero-order valence-corrected chi connectivity index (χ0v) is 19.8. The minimum Gasteiger partial charge on any atom is -0.497 e. The van der Waals surface area contributed by atoms with Gasteiger partial charge in [0.2, 0.25) is 0 Å². The maximum Gasteiger partial charge on any atom is 0.287 e. The molecule has 1 amide bonds. The van der Waals surface area contributed by atoms with E-state index in [1.54, 1.807) is 25.3 Å². The van der Waals surface area contributed by atoms with Gasteiger partial charge in [0.25, 0.3) is 5.91 Å². The second kappa shape index (κ2) is 9.78. The molecule has 0 saturated heterocycles. The zero-order valence-electron chi connectivity index (χ0n) is 19.8. The number of rotatable bonds is 7. The van der Waals surface area contributed by atoms with Crippen LogP contribution in [0.1, 0.15) is 60.8 Å². The predicted molar refractivity (Wildman–Crippen MR) is 132 cm³/mol. The average molecular weight is 474 g/mol. The lowest BCUT2D eigenvalue weighted by Crippen LogP contribution is -2.26. The van der Waals surface area contributed by atoms with Crippen LogP contribution in [0.2, 0.25) is 0 Å². The topological polar surface area (TPSA) is 69.3 Å². The van der Waals surface area contributed by atoms with Crippen LogP contribution in [0.25, 0.3) is 22.7 Å². The van der Waals surface area contributed by atoms with E-state index in [9.17, 15) is 9.18 Å². The highest BCUT2D eigenvalue weighted by Crippen LogP contribution is 2.39. The fourth-order valence-corrected chi connectivity index (χ4v) is 4.71. The summed E-state index contributed by atoms with van der Waals surface area (Å²) in [7, 11) is 1.62. The number of nitrogens with one attached hydrogen (secondary N) is 1. The Bertz CT molecular complexity index is 1300. The predicted octanol–water partition coefficient (Wildman–Crippen LogP) is 6.56. The van der Waals surface area contributed by atoms with Crippen molar-refractivity contribution in [2.45, 2.75) is 44.7 Å². The molecule has 0 radical (unpaired) electrons. The van der Waals surface area contributed by atoms with Crippen molar-refractivity contribution in [2.75, 3.05) is 7.11 Å². The van der Waals surface area contributed by atoms with Crippen molar-refractivity contribution in [2.24, 2.45) is 0 Å². The van der Waals surface area contributed by atoms with Gasteiger partial charge in [-0.1, -0.05) is 25.0 Å². The Labute approximate surface area is 203 Å². The highest BCUT2D eigenvalue weighted by atomic mass is 19.1. The van der Waals surface area contributed by atoms with Crippen LogP contribution in [0.5, 0.6) is 5.75 Å². The van der Waals surface area contributed by atoms with Gasteiger partial charge in [-0.15, -0.1) is 0 Å². The summed E-state index contributed by atoms with van der Waals surface area (Å²) < 4.78 is 27.0. The maximum absolute atomic E-state index is 13.5. The molecule has 0 aliphatic heterocycles. The standard InChI is InChI=1S/C28H28FN3O3/c1-18(19-9-13-23(34-2)14-10-19)31-28(33)25-16-15-24(35-25)27-26(20-7-11-21(29)12-8-20)30-17-32(27)22-5-3-4-6-22/h7-18,22H,3-6H2,1-2H3,(H,31,33)/t18-/m1/s1. The summed E-state index contributed by atoms with van der Waals surface area (Å²) in [6.45, 7) is 1.92. The Kier molecular flexibility index (Phi) is 6.40. The minimum atomic E-state index is -0.298. The molecule has 1 aliphatic carbocycles. The van der Waals surface area contributed by atoms with Crippen molar-refractivity contribution in [3.05, 3.63) is 84.1 Å². The first kappa shape index (κ1) is 22.9. The first-order valence-electron chi connectivity index (χ1n) is 11.9. The summed E-state index contributed by atoms with van der Waals surface area (Å²) in [5, 5.41) is 2.99.